The lowest BCUT2D eigenvalue weighted by atomic mass is 9.72. The van der Waals surface area contributed by atoms with Gasteiger partial charge in [-0.1, -0.05) is 75.6 Å². The molecule has 6 atom stereocenters. The number of nitrogens with one attached hydrogen (secondary N) is 3. The second kappa shape index (κ2) is 15.7. The number of amides is 4. The van der Waals surface area contributed by atoms with Crippen molar-refractivity contribution in [2.24, 2.45) is 23.7 Å². The van der Waals surface area contributed by atoms with Crippen molar-refractivity contribution in [2.75, 3.05) is 6.54 Å². The van der Waals surface area contributed by atoms with Crippen LogP contribution in [0.2, 0.25) is 0 Å². The smallest absolute Gasteiger partial charge is 0.408 e. The van der Waals surface area contributed by atoms with E-state index in [4.69, 9.17) is 9.47 Å². The van der Waals surface area contributed by atoms with Gasteiger partial charge in [-0.25, -0.2) is 17.9 Å². The molecule has 4 amide bonds. The number of ether oxygens (including phenoxy) is 2. The van der Waals surface area contributed by atoms with Gasteiger partial charge in [-0.05, 0) is 75.5 Å². The Kier molecular flexibility index (Phi) is 11.7. The van der Waals surface area contributed by atoms with E-state index in [1.165, 1.54) is 24.3 Å². The normalized spacial score (nSPS) is 24.8. The molecule has 0 spiro atoms. The number of sulfonamides is 1. The van der Waals surface area contributed by atoms with Crippen molar-refractivity contribution in [3.05, 3.63) is 72.8 Å². The first-order valence-corrected chi connectivity index (χ1v) is 19.6. The highest BCUT2D eigenvalue weighted by atomic mass is 32.2. The fraction of sp³-hybridized carbons (Fsp3) is 0.538. The van der Waals surface area contributed by atoms with Crippen LogP contribution in [0, 0.1) is 23.7 Å². The fourth-order valence-corrected chi connectivity index (χ4v) is 8.40. The molecule has 1 saturated heterocycles. The van der Waals surface area contributed by atoms with E-state index < -0.39 is 63.0 Å². The first-order chi connectivity index (χ1) is 24.5. The zero-order chi connectivity index (χ0) is 37.8. The van der Waals surface area contributed by atoms with Gasteiger partial charge >= 0.3 is 6.09 Å². The summed E-state index contributed by atoms with van der Waals surface area (Å²) in [5.74, 6) is -1.97. The number of carbonyl (C=O) groups excluding carboxylic acids is 4. The molecule has 1 heterocycles. The third-order valence-corrected chi connectivity index (χ3v) is 11.6. The van der Waals surface area contributed by atoms with Crippen LogP contribution in [0.1, 0.15) is 78.7 Å². The minimum absolute atomic E-state index is 0.144. The van der Waals surface area contributed by atoms with Crippen LogP contribution in [0.3, 0.4) is 0 Å². The van der Waals surface area contributed by atoms with Gasteiger partial charge in [0.1, 0.15) is 35.6 Å². The maximum atomic E-state index is 14.3. The van der Waals surface area contributed by atoms with Crippen LogP contribution < -0.4 is 20.1 Å². The summed E-state index contributed by atoms with van der Waals surface area (Å²) in [7, 11) is -4.37. The van der Waals surface area contributed by atoms with E-state index in [0.29, 0.717) is 18.7 Å². The Hall–Kier alpha value is -4.39. The molecule has 3 N–H and O–H groups in total. The minimum atomic E-state index is -4.37. The largest absolute Gasteiger partial charge is 0.489 e. The molecule has 2 aromatic carbocycles. The quantitative estimate of drug-likeness (QED) is 0.254. The van der Waals surface area contributed by atoms with Crippen molar-refractivity contribution in [1.29, 1.82) is 0 Å². The van der Waals surface area contributed by atoms with E-state index >= 15 is 0 Å². The van der Waals surface area contributed by atoms with Crippen molar-refractivity contribution in [3.63, 3.8) is 0 Å². The van der Waals surface area contributed by atoms with Crippen molar-refractivity contribution in [3.8, 4) is 5.75 Å². The van der Waals surface area contributed by atoms with E-state index in [0.717, 1.165) is 31.2 Å². The lowest BCUT2D eigenvalue weighted by Gasteiger charge is -2.47. The summed E-state index contributed by atoms with van der Waals surface area (Å²) in [6.45, 7) is 13.2. The first kappa shape index (κ1) is 38.8. The molecule has 5 rings (SSSR count). The van der Waals surface area contributed by atoms with Crippen LogP contribution in [0.4, 0.5) is 4.79 Å². The third-order valence-electron chi connectivity index (χ3n) is 10.2. The molecule has 282 valence electrons. The third kappa shape index (κ3) is 9.15. The first-order valence-electron chi connectivity index (χ1n) is 18.1. The predicted octanol–water partition coefficient (Wildman–Crippen LogP) is 5.09. The summed E-state index contributed by atoms with van der Waals surface area (Å²) in [6.07, 6.45) is 5.23. The molecule has 0 aromatic heterocycles. The maximum absolute atomic E-state index is 14.3. The van der Waals surface area contributed by atoms with Crippen molar-refractivity contribution >= 4 is 33.8 Å². The van der Waals surface area contributed by atoms with Crippen molar-refractivity contribution < 1.29 is 37.1 Å². The number of hydrogen-bond donors (Lipinski definition) is 3. The number of fused-ring (bicyclic) bond motifs is 1. The number of alkyl carbamates (subject to hydrolysis) is 1. The minimum Gasteiger partial charge on any atom is -0.489 e. The Labute approximate surface area is 307 Å². The fourth-order valence-electron chi connectivity index (χ4n) is 7.33. The molecule has 0 radical (unpaired) electrons. The molecule has 3 aliphatic rings. The Morgan fingerprint density at radius 1 is 1.02 bits per heavy atom. The Balaban J connectivity index is 1.34. The van der Waals surface area contributed by atoms with Gasteiger partial charge in [-0.2, -0.15) is 0 Å². The van der Waals surface area contributed by atoms with E-state index in [-0.39, 0.29) is 35.7 Å². The van der Waals surface area contributed by atoms with Gasteiger partial charge in [0.05, 0.1) is 4.90 Å². The van der Waals surface area contributed by atoms with Gasteiger partial charge in [0.2, 0.25) is 11.8 Å². The Morgan fingerprint density at radius 3 is 2.35 bits per heavy atom. The number of hydrogen-bond acceptors (Lipinski definition) is 8. The summed E-state index contributed by atoms with van der Waals surface area (Å²) >= 11 is 0. The summed E-state index contributed by atoms with van der Waals surface area (Å²) in [5, 5.41) is 5.59. The number of piperidine rings is 1. The number of rotatable bonds is 12. The molecule has 1 aliphatic heterocycles. The van der Waals surface area contributed by atoms with E-state index in [1.807, 2.05) is 44.2 Å². The zero-order valence-corrected chi connectivity index (χ0v) is 31.5. The second-order valence-corrected chi connectivity index (χ2v) is 17.3. The molecule has 2 aliphatic carbocycles. The highest BCUT2D eigenvalue weighted by Crippen LogP contribution is 2.46. The van der Waals surface area contributed by atoms with Crippen molar-refractivity contribution in [1.82, 2.24) is 20.3 Å². The molecular formula is C39H52N4O8S. The number of carbonyl (C=O) groups is 4. The van der Waals surface area contributed by atoms with Crippen LogP contribution in [-0.4, -0.2) is 66.9 Å². The lowest BCUT2D eigenvalue weighted by molar-refractivity contribution is -0.149. The Morgan fingerprint density at radius 2 is 1.71 bits per heavy atom. The van der Waals surface area contributed by atoms with Gasteiger partial charge in [0.25, 0.3) is 15.9 Å². The monoisotopic (exact) mass is 736 g/mol. The predicted molar refractivity (Wildman–Crippen MR) is 195 cm³/mol. The zero-order valence-electron chi connectivity index (χ0n) is 30.7. The number of likely N-dealkylation sites (tertiary alicyclic amines) is 1. The van der Waals surface area contributed by atoms with E-state index in [1.54, 1.807) is 31.7 Å². The molecular weight excluding hydrogens is 685 g/mol. The lowest BCUT2D eigenvalue weighted by Crippen LogP contribution is -2.63. The second-order valence-electron chi connectivity index (χ2n) is 15.6. The van der Waals surface area contributed by atoms with Gasteiger partial charge in [0, 0.05) is 18.5 Å². The molecule has 0 bridgehead atoms. The van der Waals surface area contributed by atoms with Crippen LogP contribution in [0.25, 0.3) is 0 Å². The average molecular weight is 737 g/mol. The van der Waals surface area contributed by atoms with Crippen LogP contribution in [-0.2, 0) is 35.8 Å². The van der Waals surface area contributed by atoms with Crippen LogP contribution in [0.5, 0.6) is 5.75 Å². The van der Waals surface area contributed by atoms with Gasteiger partial charge in [-0.3, -0.25) is 14.4 Å². The summed E-state index contributed by atoms with van der Waals surface area (Å²) < 4.78 is 40.4. The SMILES string of the molecule is C=C[C@@H]1C[C@]1(NC(=O)C1CC2CCCCC2CN1C(=O)[C@@H](NC(=O)OC(C)(C)C)C(C)C)C(=O)NS(=O)(=O)c1cccc(OCc2ccccc2)c1. The van der Waals surface area contributed by atoms with Crippen LogP contribution >= 0.6 is 0 Å². The Bertz CT molecular complexity index is 1760. The van der Waals surface area contributed by atoms with Crippen molar-refractivity contribution in [2.45, 2.75) is 108 Å². The van der Waals surface area contributed by atoms with E-state index in [9.17, 15) is 27.6 Å². The molecule has 2 aromatic rings. The molecule has 3 fully saturated rings. The van der Waals surface area contributed by atoms with E-state index in [2.05, 4.69) is 21.9 Å². The molecule has 52 heavy (non-hydrogen) atoms. The number of benzene rings is 2. The highest BCUT2D eigenvalue weighted by molar-refractivity contribution is 7.90. The van der Waals surface area contributed by atoms with Crippen LogP contribution in [0.15, 0.2) is 72.1 Å². The molecule has 12 nitrogen and oxygen atoms in total. The standard InChI is InChI=1S/C39H52N4O8S/c1-7-29-22-39(29,36(46)42-52(48,49)31-19-13-18-30(21-31)50-24-26-14-9-8-10-15-26)41-34(44)32-20-27-16-11-12-17-28(27)23-43(32)35(45)33(25(2)3)40-37(47)51-38(4,5)6/h7-10,13-15,18-19,21,25,27-29,32-33H,1,11-12,16-17,20,22-24H2,2-6H3,(H,40,47)(H,41,44)(H,42,46)/t27?,28?,29-,32?,33+,39-/m1/s1. The van der Waals surface area contributed by atoms with Gasteiger partial charge in [-0.15, -0.1) is 6.58 Å². The van der Waals surface area contributed by atoms with Gasteiger partial charge in [0.15, 0.2) is 0 Å². The summed E-state index contributed by atoms with van der Waals surface area (Å²) in [6, 6.07) is 13.4. The summed E-state index contributed by atoms with van der Waals surface area (Å²) in [4.78, 5) is 56.5. The molecule has 3 unspecified atom stereocenters. The average Bonchev–Trinajstić information content (AvgIpc) is 3.82. The molecule has 13 heteroatoms. The molecule has 2 saturated carbocycles. The summed E-state index contributed by atoms with van der Waals surface area (Å²) in [5.41, 5.74) is -1.44. The topological polar surface area (TPSA) is 160 Å². The highest BCUT2D eigenvalue weighted by Gasteiger charge is 2.61. The maximum Gasteiger partial charge on any atom is 0.408 e. The van der Waals surface area contributed by atoms with Gasteiger partial charge < -0.3 is 25.0 Å². The number of nitrogens with zero attached hydrogens (tertiary/aromatic N) is 1.